The second-order valence-electron chi connectivity index (χ2n) is 4.75. The Morgan fingerprint density at radius 3 is 2.69 bits per heavy atom. The van der Waals surface area contributed by atoms with E-state index in [0.717, 1.165) is 19.3 Å². The summed E-state index contributed by atoms with van der Waals surface area (Å²) in [4.78, 5) is 23.5. The Morgan fingerprint density at radius 1 is 1.56 bits per heavy atom. The molecular weight excluding hydrogens is 206 g/mol. The number of hydrogen-bond donors (Lipinski definition) is 1. The molecule has 1 aliphatic rings. The molecule has 16 heavy (non-hydrogen) atoms. The number of aliphatic carboxylic acids is 1. The lowest BCUT2D eigenvalue weighted by molar-refractivity contribution is -0.149. The average molecular weight is 227 g/mol. The van der Waals surface area contributed by atoms with Gasteiger partial charge < -0.3 is 10.0 Å². The van der Waals surface area contributed by atoms with Crippen LogP contribution in [0, 0.1) is 11.8 Å². The van der Waals surface area contributed by atoms with Crippen molar-refractivity contribution in [1.29, 1.82) is 0 Å². The van der Waals surface area contributed by atoms with Crippen LogP contribution in [0.25, 0.3) is 0 Å². The molecule has 0 spiro atoms. The van der Waals surface area contributed by atoms with Crippen LogP contribution in [0.4, 0.5) is 0 Å². The molecule has 4 heteroatoms. The lowest BCUT2D eigenvalue weighted by Crippen LogP contribution is -2.46. The fraction of sp³-hybridized carbons (Fsp3) is 0.833. The molecule has 0 aromatic heterocycles. The van der Waals surface area contributed by atoms with Gasteiger partial charge in [-0.15, -0.1) is 0 Å². The van der Waals surface area contributed by atoms with Crippen LogP contribution < -0.4 is 0 Å². The van der Waals surface area contributed by atoms with E-state index < -0.39 is 12.0 Å². The van der Waals surface area contributed by atoms with E-state index in [-0.39, 0.29) is 5.92 Å². The van der Waals surface area contributed by atoms with Gasteiger partial charge in [0.05, 0.1) is 0 Å². The van der Waals surface area contributed by atoms with Gasteiger partial charge in [0, 0.05) is 6.54 Å². The van der Waals surface area contributed by atoms with Crippen molar-refractivity contribution in [3.63, 3.8) is 0 Å². The normalized spacial score (nSPS) is 27.1. The molecule has 1 aliphatic carbocycles. The monoisotopic (exact) mass is 227 g/mol. The topological polar surface area (TPSA) is 57.6 Å². The number of carboxylic acids is 1. The molecule has 0 aliphatic heterocycles. The second-order valence-corrected chi connectivity index (χ2v) is 4.75. The minimum absolute atomic E-state index is 0.117. The first-order chi connectivity index (χ1) is 7.60. The van der Waals surface area contributed by atoms with Gasteiger partial charge in [-0.25, -0.2) is 4.79 Å². The summed E-state index contributed by atoms with van der Waals surface area (Å²) in [6, 6.07) is -0.634. The first-order valence-electron chi connectivity index (χ1n) is 6.04. The predicted molar refractivity (Wildman–Crippen MR) is 61.0 cm³/mol. The van der Waals surface area contributed by atoms with E-state index in [9.17, 15) is 14.7 Å². The van der Waals surface area contributed by atoms with E-state index in [1.165, 1.54) is 11.3 Å². The van der Waals surface area contributed by atoms with Crippen LogP contribution >= 0.6 is 0 Å². The Bertz CT molecular complexity index is 255. The molecule has 0 heterocycles. The van der Waals surface area contributed by atoms with Crippen molar-refractivity contribution in [2.24, 2.45) is 11.8 Å². The minimum Gasteiger partial charge on any atom is -0.480 e. The molecule has 0 aromatic rings. The number of carbonyl (C=O) groups excluding carboxylic acids is 1. The van der Waals surface area contributed by atoms with Crippen molar-refractivity contribution < 1.29 is 14.7 Å². The molecule has 1 amide bonds. The molecule has 0 aromatic carbocycles. The van der Waals surface area contributed by atoms with Crippen molar-refractivity contribution in [2.45, 2.75) is 45.6 Å². The summed E-state index contributed by atoms with van der Waals surface area (Å²) in [6.07, 6.45) is 4.76. The standard InChI is InChI=1S/C12H21NO3/c1-3-13(8-14)11(12(15)16)10-6-4-5-9(2)7-10/h8-11H,3-7H2,1-2H3,(H,15,16). The number of nitrogens with zero attached hydrogens (tertiary/aromatic N) is 1. The van der Waals surface area contributed by atoms with Crippen LogP contribution in [0.5, 0.6) is 0 Å². The van der Waals surface area contributed by atoms with Gasteiger partial charge in [0.25, 0.3) is 0 Å². The minimum atomic E-state index is -0.868. The van der Waals surface area contributed by atoms with Gasteiger partial charge >= 0.3 is 5.97 Å². The lowest BCUT2D eigenvalue weighted by Gasteiger charge is -2.35. The third-order valence-corrected chi connectivity index (χ3v) is 3.53. The Balaban J connectivity index is 2.75. The molecule has 3 atom stereocenters. The van der Waals surface area contributed by atoms with Crippen LogP contribution in [-0.2, 0) is 9.59 Å². The first kappa shape index (κ1) is 13.0. The van der Waals surface area contributed by atoms with Gasteiger partial charge in [0.15, 0.2) is 0 Å². The molecule has 1 N–H and O–H groups in total. The highest BCUT2D eigenvalue weighted by Gasteiger charge is 2.34. The SMILES string of the molecule is CCN(C=O)C(C(=O)O)C1CCCC(C)C1. The highest BCUT2D eigenvalue weighted by Crippen LogP contribution is 2.32. The molecule has 92 valence electrons. The largest absolute Gasteiger partial charge is 0.480 e. The first-order valence-corrected chi connectivity index (χ1v) is 6.04. The van der Waals surface area contributed by atoms with Crippen molar-refractivity contribution in [1.82, 2.24) is 4.90 Å². The quantitative estimate of drug-likeness (QED) is 0.728. The molecule has 0 radical (unpaired) electrons. The predicted octanol–water partition coefficient (Wildman–Crippen LogP) is 1.74. The number of rotatable bonds is 5. The number of likely N-dealkylation sites (N-methyl/N-ethyl adjacent to an activating group) is 1. The number of amides is 1. The fourth-order valence-corrected chi connectivity index (χ4v) is 2.72. The Hall–Kier alpha value is -1.06. The van der Waals surface area contributed by atoms with Crippen LogP contribution in [0.15, 0.2) is 0 Å². The van der Waals surface area contributed by atoms with E-state index in [2.05, 4.69) is 6.92 Å². The Kier molecular flexibility index (Phi) is 4.77. The van der Waals surface area contributed by atoms with Crippen molar-refractivity contribution in [3.05, 3.63) is 0 Å². The average Bonchev–Trinajstić information content (AvgIpc) is 2.24. The molecule has 1 rings (SSSR count). The number of hydrogen-bond acceptors (Lipinski definition) is 2. The van der Waals surface area contributed by atoms with Crippen molar-refractivity contribution in [2.75, 3.05) is 6.54 Å². The van der Waals surface area contributed by atoms with E-state index in [0.29, 0.717) is 18.9 Å². The van der Waals surface area contributed by atoms with Crippen LogP contribution in [0.3, 0.4) is 0 Å². The summed E-state index contributed by atoms with van der Waals surface area (Å²) in [5, 5.41) is 9.24. The summed E-state index contributed by atoms with van der Waals surface area (Å²) in [6.45, 7) is 4.43. The van der Waals surface area contributed by atoms with Gasteiger partial charge in [0.1, 0.15) is 6.04 Å². The molecule has 1 saturated carbocycles. The summed E-state index contributed by atoms with van der Waals surface area (Å²) in [5.74, 6) is -0.176. The zero-order valence-corrected chi connectivity index (χ0v) is 10.1. The molecule has 1 fully saturated rings. The van der Waals surface area contributed by atoms with E-state index in [1.807, 2.05) is 6.92 Å². The fourth-order valence-electron chi connectivity index (χ4n) is 2.72. The third-order valence-electron chi connectivity index (χ3n) is 3.53. The maximum atomic E-state index is 11.3. The maximum Gasteiger partial charge on any atom is 0.326 e. The summed E-state index contributed by atoms with van der Waals surface area (Å²) in [7, 11) is 0. The second kappa shape index (κ2) is 5.87. The summed E-state index contributed by atoms with van der Waals surface area (Å²) >= 11 is 0. The Labute approximate surface area is 96.6 Å². The zero-order valence-electron chi connectivity index (χ0n) is 10.1. The lowest BCUT2D eigenvalue weighted by atomic mass is 9.78. The van der Waals surface area contributed by atoms with Crippen molar-refractivity contribution in [3.8, 4) is 0 Å². The maximum absolute atomic E-state index is 11.3. The molecular formula is C12H21NO3. The van der Waals surface area contributed by atoms with Crippen LogP contribution in [0.2, 0.25) is 0 Å². The van der Waals surface area contributed by atoms with E-state index in [4.69, 9.17) is 0 Å². The Morgan fingerprint density at radius 2 is 2.25 bits per heavy atom. The summed E-state index contributed by atoms with van der Waals surface area (Å²) < 4.78 is 0. The van der Waals surface area contributed by atoms with Gasteiger partial charge in [-0.1, -0.05) is 19.8 Å². The van der Waals surface area contributed by atoms with Crippen molar-refractivity contribution >= 4 is 12.4 Å². The molecule has 0 saturated heterocycles. The third kappa shape index (κ3) is 2.97. The summed E-state index contributed by atoms with van der Waals surface area (Å²) in [5.41, 5.74) is 0. The van der Waals surface area contributed by atoms with E-state index in [1.54, 1.807) is 0 Å². The number of carbonyl (C=O) groups is 2. The highest BCUT2D eigenvalue weighted by atomic mass is 16.4. The van der Waals surface area contributed by atoms with Gasteiger partial charge in [-0.3, -0.25) is 4.79 Å². The molecule has 4 nitrogen and oxygen atoms in total. The molecule has 0 bridgehead atoms. The number of carboxylic acid groups (broad SMARTS) is 1. The molecule has 3 unspecified atom stereocenters. The zero-order chi connectivity index (χ0) is 12.1. The van der Waals surface area contributed by atoms with Crippen LogP contribution in [0.1, 0.15) is 39.5 Å². The van der Waals surface area contributed by atoms with Crippen LogP contribution in [-0.4, -0.2) is 35.0 Å². The van der Waals surface area contributed by atoms with Gasteiger partial charge in [-0.2, -0.15) is 0 Å². The van der Waals surface area contributed by atoms with Gasteiger partial charge in [0.2, 0.25) is 6.41 Å². The highest BCUT2D eigenvalue weighted by molar-refractivity contribution is 5.76. The van der Waals surface area contributed by atoms with Gasteiger partial charge in [-0.05, 0) is 31.6 Å². The van der Waals surface area contributed by atoms with E-state index >= 15 is 0 Å². The smallest absolute Gasteiger partial charge is 0.326 e.